The van der Waals surface area contributed by atoms with Crippen molar-refractivity contribution in [2.75, 3.05) is 0 Å². The van der Waals surface area contributed by atoms with Crippen molar-refractivity contribution in [1.82, 2.24) is 10.9 Å². The van der Waals surface area contributed by atoms with Crippen LogP contribution in [0.5, 0.6) is 0 Å². The molecule has 0 fully saturated rings. The average Bonchev–Trinajstić information content (AvgIpc) is 1.96. The van der Waals surface area contributed by atoms with E-state index >= 15 is 0 Å². The third-order valence-corrected chi connectivity index (χ3v) is 1.46. The lowest BCUT2D eigenvalue weighted by Gasteiger charge is -2.20. The number of rotatable bonds is 1. The van der Waals surface area contributed by atoms with Crippen LogP contribution in [0.4, 0.5) is 4.79 Å². The summed E-state index contributed by atoms with van der Waals surface area (Å²) >= 11 is 0. The zero-order chi connectivity index (χ0) is 10.6. The summed E-state index contributed by atoms with van der Waals surface area (Å²) in [5, 5.41) is 8.19. The number of amides is 2. The van der Waals surface area contributed by atoms with E-state index in [1.54, 1.807) is 5.43 Å². The highest BCUT2D eigenvalue weighted by atomic mass is 16.4. The van der Waals surface area contributed by atoms with Gasteiger partial charge in [-0.15, -0.1) is 0 Å². The Morgan fingerprint density at radius 2 is 1.69 bits per heavy atom. The summed E-state index contributed by atoms with van der Waals surface area (Å²) in [5.41, 5.74) is 3.70. The number of hydrogen-bond acceptors (Lipinski definition) is 2. The van der Waals surface area contributed by atoms with E-state index in [1.807, 2.05) is 26.2 Å². The number of hydrazine groups is 1. The summed E-state index contributed by atoms with van der Waals surface area (Å²) in [5.74, 6) is -0.519. The van der Waals surface area contributed by atoms with Crippen LogP contribution in [-0.2, 0) is 4.79 Å². The number of carbonyl (C=O) groups excluding carboxylic acids is 1. The van der Waals surface area contributed by atoms with Crippen molar-refractivity contribution in [1.29, 1.82) is 0 Å². The molecule has 2 amide bonds. The van der Waals surface area contributed by atoms with Crippen LogP contribution < -0.4 is 10.9 Å². The van der Waals surface area contributed by atoms with Gasteiger partial charge in [-0.3, -0.25) is 10.2 Å². The number of carboxylic acid groups (broad SMARTS) is 1. The van der Waals surface area contributed by atoms with E-state index in [9.17, 15) is 9.59 Å². The second kappa shape index (κ2) is 3.93. The van der Waals surface area contributed by atoms with E-state index < -0.39 is 12.0 Å². The second-order valence-electron chi connectivity index (χ2n) is 3.61. The van der Waals surface area contributed by atoms with Crippen molar-refractivity contribution in [2.24, 2.45) is 5.41 Å². The van der Waals surface area contributed by atoms with Gasteiger partial charge in [0.05, 0.1) is 0 Å². The van der Waals surface area contributed by atoms with Gasteiger partial charge in [0, 0.05) is 5.57 Å². The van der Waals surface area contributed by atoms with Crippen molar-refractivity contribution >= 4 is 12.0 Å². The molecule has 5 heteroatoms. The fourth-order valence-corrected chi connectivity index (χ4v) is 0.526. The predicted molar refractivity (Wildman–Crippen MR) is 47.9 cm³/mol. The first-order valence-electron chi connectivity index (χ1n) is 3.74. The molecule has 0 unspecified atom stereocenters. The highest BCUT2D eigenvalue weighted by molar-refractivity contribution is 5.94. The summed E-state index contributed by atoms with van der Waals surface area (Å²) in [7, 11) is 0. The fraction of sp³-hybridized carbons (Fsp3) is 0.500. The molecule has 0 aliphatic carbocycles. The summed E-state index contributed by atoms with van der Waals surface area (Å²) in [6.45, 7) is 9.00. The maximum Gasteiger partial charge on any atom is 0.423 e. The van der Waals surface area contributed by atoms with Gasteiger partial charge in [-0.05, 0) is 5.41 Å². The van der Waals surface area contributed by atoms with Gasteiger partial charge in [0.15, 0.2) is 0 Å². The highest BCUT2D eigenvalue weighted by Crippen LogP contribution is 2.22. The lowest BCUT2D eigenvalue weighted by atomic mass is 9.87. The van der Waals surface area contributed by atoms with Gasteiger partial charge in [-0.25, -0.2) is 10.2 Å². The van der Waals surface area contributed by atoms with Crippen molar-refractivity contribution in [2.45, 2.75) is 20.8 Å². The van der Waals surface area contributed by atoms with E-state index in [1.165, 1.54) is 0 Å². The number of carbonyl (C=O) groups is 2. The van der Waals surface area contributed by atoms with Crippen LogP contribution in [0.25, 0.3) is 0 Å². The Kier molecular flexibility index (Phi) is 3.47. The van der Waals surface area contributed by atoms with Gasteiger partial charge in [0.2, 0.25) is 0 Å². The third kappa shape index (κ3) is 4.15. The molecule has 5 nitrogen and oxygen atoms in total. The van der Waals surface area contributed by atoms with E-state index in [4.69, 9.17) is 5.11 Å². The smallest absolute Gasteiger partial charge is 0.423 e. The molecule has 3 N–H and O–H groups in total. The molecule has 0 atom stereocenters. The molecule has 0 aliphatic rings. The van der Waals surface area contributed by atoms with E-state index in [0.29, 0.717) is 5.57 Å². The Hall–Kier alpha value is -1.52. The Morgan fingerprint density at radius 1 is 1.23 bits per heavy atom. The summed E-state index contributed by atoms with van der Waals surface area (Å²) < 4.78 is 0. The van der Waals surface area contributed by atoms with Crippen LogP contribution in [-0.4, -0.2) is 17.1 Å². The molecule has 0 spiro atoms. The molecular weight excluding hydrogens is 172 g/mol. The van der Waals surface area contributed by atoms with Crippen LogP contribution in [0.3, 0.4) is 0 Å². The van der Waals surface area contributed by atoms with Crippen molar-refractivity contribution in [3.63, 3.8) is 0 Å². The topological polar surface area (TPSA) is 78.4 Å². The summed E-state index contributed by atoms with van der Waals surface area (Å²) in [6.07, 6.45) is -1.31. The Labute approximate surface area is 76.8 Å². The Balaban J connectivity index is 4.14. The molecular formula is C8H14N2O3. The van der Waals surface area contributed by atoms with Crippen molar-refractivity contribution in [3.8, 4) is 0 Å². The van der Waals surface area contributed by atoms with Crippen LogP contribution in [0.15, 0.2) is 12.2 Å². The van der Waals surface area contributed by atoms with Crippen LogP contribution in [0.2, 0.25) is 0 Å². The molecule has 13 heavy (non-hydrogen) atoms. The zero-order valence-corrected chi connectivity index (χ0v) is 7.97. The quantitative estimate of drug-likeness (QED) is 0.420. The molecule has 0 aromatic carbocycles. The molecule has 0 bridgehead atoms. The lowest BCUT2D eigenvalue weighted by molar-refractivity contribution is -0.119. The van der Waals surface area contributed by atoms with Crippen LogP contribution >= 0.6 is 0 Å². The minimum absolute atomic E-state index is 0.321. The second-order valence-corrected chi connectivity index (χ2v) is 3.61. The highest BCUT2D eigenvalue weighted by Gasteiger charge is 2.21. The largest absolute Gasteiger partial charge is 0.464 e. The van der Waals surface area contributed by atoms with Gasteiger partial charge in [0.1, 0.15) is 0 Å². The normalized spacial score (nSPS) is 10.4. The van der Waals surface area contributed by atoms with E-state index in [-0.39, 0.29) is 5.41 Å². The standard InChI is InChI=1S/C8H14N2O3/c1-5(8(2,3)4)6(11)9-10-7(12)13/h10H,1H2,2-4H3,(H,9,11)(H,12,13). The average molecular weight is 186 g/mol. The molecule has 0 saturated heterocycles. The summed E-state index contributed by atoms with van der Waals surface area (Å²) in [6, 6.07) is 0. The number of hydrogen-bond donors (Lipinski definition) is 3. The fourth-order valence-electron chi connectivity index (χ4n) is 0.526. The minimum Gasteiger partial charge on any atom is -0.464 e. The van der Waals surface area contributed by atoms with Crippen molar-refractivity contribution < 1.29 is 14.7 Å². The molecule has 74 valence electrons. The third-order valence-electron chi connectivity index (χ3n) is 1.46. The van der Waals surface area contributed by atoms with Gasteiger partial charge in [-0.2, -0.15) is 0 Å². The SMILES string of the molecule is C=C(C(=O)NNC(=O)O)C(C)(C)C. The number of nitrogens with one attached hydrogen (secondary N) is 2. The van der Waals surface area contributed by atoms with Crippen molar-refractivity contribution in [3.05, 3.63) is 12.2 Å². The van der Waals surface area contributed by atoms with Gasteiger partial charge >= 0.3 is 6.09 Å². The molecule has 0 saturated carbocycles. The molecule has 0 heterocycles. The first kappa shape index (κ1) is 11.5. The molecule has 0 radical (unpaired) electrons. The maximum atomic E-state index is 11.2. The molecule has 0 aromatic rings. The first-order valence-corrected chi connectivity index (χ1v) is 3.74. The van der Waals surface area contributed by atoms with Gasteiger partial charge < -0.3 is 5.11 Å². The predicted octanol–water partition coefficient (Wildman–Crippen LogP) is 0.887. The van der Waals surface area contributed by atoms with E-state index in [2.05, 4.69) is 6.58 Å². The summed E-state index contributed by atoms with van der Waals surface area (Å²) in [4.78, 5) is 21.2. The van der Waals surface area contributed by atoms with Gasteiger partial charge in [-0.1, -0.05) is 27.4 Å². The Bertz CT molecular complexity index is 240. The molecule has 0 rings (SSSR count). The zero-order valence-electron chi connectivity index (χ0n) is 7.97. The van der Waals surface area contributed by atoms with Crippen LogP contribution in [0.1, 0.15) is 20.8 Å². The molecule has 0 aliphatic heterocycles. The molecule has 0 aromatic heterocycles. The van der Waals surface area contributed by atoms with Crippen LogP contribution in [0, 0.1) is 5.41 Å². The maximum absolute atomic E-state index is 11.2. The first-order chi connectivity index (χ1) is 5.75. The lowest BCUT2D eigenvalue weighted by Crippen LogP contribution is -2.43. The van der Waals surface area contributed by atoms with Gasteiger partial charge in [0.25, 0.3) is 5.91 Å². The Morgan fingerprint density at radius 3 is 2.00 bits per heavy atom. The monoisotopic (exact) mass is 186 g/mol. The van der Waals surface area contributed by atoms with E-state index in [0.717, 1.165) is 0 Å². The minimum atomic E-state index is -1.31.